The fraction of sp³-hybridized carbons (Fsp3) is 0.852. The number of aromatic amines is 1. The predicted octanol–water partition coefficient (Wildman–Crippen LogP) is 4.15. The molecule has 0 radical (unpaired) electrons. The summed E-state index contributed by atoms with van der Waals surface area (Å²) in [6.45, 7) is 3.21. The summed E-state index contributed by atoms with van der Waals surface area (Å²) in [6.07, 6.45) is 16.7. The number of aliphatic hydroxyl groups is 1. The Bertz CT molecular complexity index is 813. The second-order valence-corrected chi connectivity index (χ2v) is 10.0. The third-order valence-corrected chi connectivity index (χ3v) is 7.00. The second-order valence-electron chi connectivity index (χ2n) is 10.0. The van der Waals surface area contributed by atoms with Gasteiger partial charge in [0.2, 0.25) is 0 Å². The quantitative estimate of drug-likeness (QED) is 0.200. The number of aliphatic hydroxyl groups excluding tert-OH is 1. The molecule has 1 aromatic rings. The molecule has 0 aliphatic carbocycles. The smallest absolute Gasteiger partial charge is 0.330 e. The molecule has 0 saturated carbocycles. The van der Waals surface area contributed by atoms with Gasteiger partial charge in [0.15, 0.2) is 6.23 Å². The van der Waals surface area contributed by atoms with Gasteiger partial charge in [-0.25, -0.2) is 4.79 Å². The highest BCUT2D eigenvalue weighted by Crippen LogP contribution is 2.30. The Morgan fingerprint density at radius 3 is 2.06 bits per heavy atom. The van der Waals surface area contributed by atoms with E-state index in [1.807, 2.05) is 7.05 Å². The maximum absolute atomic E-state index is 12.1. The molecule has 208 valence electrons. The van der Waals surface area contributed by atoms with E-state index in [-0.39, 0.29) is 6.61 Å². The fourth-order valence-electron chi connectivity index (χ4n) is 4.76. The molecule has 1 aliphatic rings. The lowest BCUT2D eigenvalue weighted by Crippen LogP contribution is -2.39. The summed E-state index contributed by atoms with van der Waals surface area (Å²) >= 11 is 0. The molecule has 4 atom stereocenters. The van der Waals surface area contributed by atoms with Crippen molar-refractivity contribution in [3.05, 3.63) is 33.1 Å². The van der Waals surface area contributed by atoms with Crippen LogP contribution in [0.1, 0.15) is 103 Å². The minimum Gasteiger partial charge on any atom is -0.387 e. The molecule has 1 aliphatic heterocycles. The Kier molecular flexibility index (Phi) is 15.2. The molecule has 2 rings (SSSR count). The molecule has 0 amide bonds. The fourth-order valence-corrected chi connectivity index (χ4v) is 4.76. The van der Waals surface area contributed by atoms with E-state index >= 15 is 0 Å². The number of hydrogen-bond acceptors (Lipinski definition) is 7. The Balaban J connectivity index is 1.53. The first-order valence-electron chi connectivity index (χ1n) is 14.0. The van der Waals surface area contributed by atoms with E-state index in [0.717, 1.165) is 13.0 Å². The van der Waals surface area contributed by atoms with Crippen molar-refractivity contribution in [3.8, 4) is 0 Å². The normalized spacial score (nSPS) is 22.0. The van der Waals surface area contributed by atoms with Crippen LogP contribution in [0.5, 0.6) is 0 Å². The standard InChI is InChI=1S/C27H49N3O6/c1-4-5-6-7-8-9-10-11-12-13-14-15-16-17-19-29(2)35-21-22-24(32)25(34-3)26(36-22)30-20-18-23(31)28-27(30)33/h18,20,22,24-26,32H,4-17,19,21H2,1-3H3,(H,28,31,33)/t22-,24?,25?,26-/m1/s1. The molecular formula is C27H49N3O6. The highest BCUT2D eigenvalue weighted by molar-refractivity contribution is 4.93. The van der Waals surface area contributed by atoms with Gasteiger partial charge < -0.3 is 14.6 Å². The van der Waals surface area contributed by atoms with Crippen LogP contribution in [0.15, 0.2) is 21.9 Å². The lowest BCUT2D eigenvalue weighted by molar-refractivity contribution is -0.179. The topological polar surface area (TPSA) is 106 Å². The van der Waals surface area contributed by atoms with Crippen LogP contribution in [0.4, 0.5) is 0 Å². The third-order valence-electron chi connectivity index (χ3n) is 7.00. The van der Waals surface area contributed by atoms with Crippen molar-refractivity contribution >= 4 is 0 Å². The summed E-state index contributed by atoms with van der Waals surface area (Å²) in [5, 5.41) is 12.4. The van der Waals surface area contributed by atoms with Crippen LogP contribution in [0.2, 0.25) is 0 Å². The monoisotopic (exact) mass is 511 g/mol. The summed E-state index contributed by atoms with van der Waals surface area (Å²) in [5.41, 5.74) is -1.10. The lowest BCUT2D eigenvalue weighted by atomic mass is 10.0. The van der Waals surface area contributed by atoms with E-state index in [2.05, 4.69) is 11.9 Å². The maximum atomic E-state index is 12.1. The number of unbranched alkanes of at least 4 members (excludes halogenated alkanes) is 13. The molecule has 2 heterocycles. The highest BCUT2D eigenvalue weighted by Gasteiger charge is 2.45. The first-order chi connectivity index (χ1) is 17.5. The van der Waals surface area contributed by atoms with Gasteiger partial charge in [-0.05, 0) is 6.42 Å². The predicted molar refractivity (Wildman–Crippen MR) is 141 cm³/mol. The van der Waals surface area contributed by atoms with Crippen LogP contribution >= 0.6 is 0 Å². The number of aromatic nitrogens is 2. The first kappa shape index (κ1) is 30.7. The number of ether oxygens (including phenoxy) is 2. The average molecular weight is 512 g/mol. The van der Waals surface area contributed by atoms with Gasteiger partial charge in [-0.1, -0.05) is 90.4 Å². The van der Waals surface area contributed by atoms with Crippen molar-refractivity contribution in [1.82, 2.24) is 14.6 Å². The largest absolute Gasteiger partial charge is 0.387 e. The van der Waals surface area contributed by atoms with E-state index in [9.17, 15) is 14.7 Å². The van der Waals surface area contributed by atoms with E-state index in [4.69, 9.17) is 14.3 Å². The van der Waals surface area contributed by atoms with Crippen LogP contribution in [0.3, 0.4) is 0 Å². The lowest BCUT2D eigenvalue weighted by Gasteiger charge is -2.21. The van der Waals surface area contributed by atoms with E-state index < -0.39 is 35.8 Å². The van der Waals surface area contributed by atoms with Crippen LogP contribution in [-0.2, 0) is 14.3 Å². The summed E-state index contributed by atoms with van der Waals surface area (Å²) < 4.78 is 12.5. The zero-order chi connectivity index (χ0) is 26.2. The molecule has 1 aromatic heterocycles. The summed E-state index contributed by atoms with van der Waals surface area (Å²) in [7, 11) is 3.33. The Hall–Kier alpha value is -1.52. The van der Waals surface area contributed by atoms with Crippen molar-refractivity contribution < 1.29 is 19.4 Å². The highest BCUT2D eigenvalue weighted by atomic mass is 16.7. The van der Waals surface area contributed by atoms with E-state index in [0.29, 0.717) is 0 Å². The van der Waals surface area contributed by atoms with Crippen molar-refractivity contribution in [2.45, 2.75) is 121 Å². The van der Waals surface area contributed by atoms with E-state index in [1.165, 1.54) is 107 Å². The second kappa shape index (κ2) is 17.9. The van der Waals surface area contributed by atoms with Gasteiger partial charge in [0.1, 0.15) is 18.3 Å². The molecule has 1 saturated heterocycles. The van der Waals surface area contributed by atoms with Gasteiger partial charge in [-0.15, -0.1) is 0 Å². The number of nitrogens with one attached hydrogen (secondary N) is 1. The molecule has 9 heteroatoms. The SMILES string of the molecule is CCCCCCCCCCCCCCCCN(C)OC[C@H]1O[C@@H](n2ccc(=O)[nH]c2=O)C(OC)C1O. The molecule has 9 nitrogen and oxygen atoms in total. The van der Waals surface area contributed by atoms with Crippen molar-refractivity contribution in [2.24, 2.45) is 0 Å². The van der Waals surface area contributed by atoms with Crippen LogP contribution in [-0.4, -0.2) is 65.3 Å². The molecular weight excluding hydrogens is 462 g/mol. The van der Waals surface area contributed by atoms with Crippen LogP contribution in [0.25, 0.3) is 0 Å². The summed E-state index contributed by atoms with van der Waals surface area (Å²) in [4.78, 5) is 31.5. The summed E-state index contributed by atoms with van der Waals surface area (Å²) in [5.74, 6) is 0. The summed E-state index contributed by atoms with van der Waals surface area (Å²) in [6, 6.07) is 1.23. The Morgan fingerprint density at radius 1 is 0.972 bits per heavy atom. The Morgan fingerprint density at radius 2 is 1.53 bits per heavy atom. The molecule has 2 unspecified atom stereocenters. The molecule has 36 heavy (non-hydrogen) atoms. The molecule has 2 N–H and O–H groups in total. The van der Waals surface area contributed by atoms with E-state index in [1.54, 1.807) is 5.06 Å². The number of hydroxylamine groups is 2. The van der Waals surface area contributed by atoms with Gasteiger partial charge in [-0.3, -0.25) is 19.2 Å². The molecule has 0 aromatic carbocycles. The maximum Gasteiger partial charge on any atom is 0.330 e. The van der Waals surface area contributed by atoms with Gasteiger partial charge in [0.25, 0.3) is 5.56 Å². The average Bonchev–Trinajstić information content (AvgIpc) is 3.17. The van der Waals surface area contributed by atoms with Crippen molar-refractivity contribution in [1.29, 1.82) is 0 Å². The number of rotatable bonds is 20. The zero-order valence-corrected chi connectivity index (χ0v) is 22.7. The van der Waals surface area contributed by atoms with Gasteiger partial charge in [0.05, 0.1) is 6.61 Å². The van der Waals surface area contributed by atoms with Gasteiger partial charge in [-0.2, -0.15) is 5.06 Å². The number of nitrogens with zero attached hydrogens (tertiary/aromatic N) is 2. The molecule has 0 spiro atoms. The number of methoxy groups -OCH3 is 1. The van der Waals surface area contributed by atoms with Crippen molar-refractivity contribution in [2.75, 3.05) is 27.3 Å². The first-order valence-corrected chi connectivity index (χ1v) is 14.0. The van der Waals surface area contributed by atoms with Crippen LogP contribution in [0, 0.1) is 0 Å². The minimum atomic E-state index is -0.965. The Labute approximate surface area is 216 Å². The van der Waals surface area contributed by atoms with Crippen molar-refractivity contribution in [3.63, 3.8) is 0 Å². The molecule has 1 fully saturated rings. The minimum absolute atomic E-state index is 0.144. The number of hydrogen-bond donors (Lipinski definition) is 2. The third kappa shape index (κ3) is 10.8. The van der Waals surface area contributed by atoms with Crippen LogP contribution < -0.4 is 11.2 Å². The molecule has 0 bridgehead atoms. The van der Waals surface area contributed by atoms with Gasteiger partial charge >= 0.3 is 5.69 Å². The zero-order valence-electron chi connectivity index (χ0n) is 22.7. The van der Waals surface area contributed by atoms with Gasteiger partial charge in [0, 0.05) is 33.0 Å². The number of H-pyrrole nitrogens is 1.